The molecule has 3 atom stereocenters. The second-order valence-corrected chi connectivity index (χ2v) is 6.13. The van der Waals surface area contributed by atoms with Gasteiger partial charge in [0.15, 0.2) is 0 Å². The number of hydrogen-bond acceptors (Lipinski definition) is 3. The number of rotatable bonds is 4. The molecule has 1 aliphatic carbocycles. The number of alkyl halides is 2. The van der Waals surface area contributed by atoms with Gasteiger partial charge in [-0.05, 0) is 30.7 Å². The summed E-state index contributed by atoms with van der Waals surface area (Å²) in [6.45, 7) is -1.47. The Morgan fingerprint density at radius 3 is 2.74 bits per heavy atom. The van der Waals surface area contributed by atoms with Crippen molar-refractivity contribution in [2.45, 2.75) is 31.9 Å². The number of benzene rings is 1. The van der Waals surface area contributed by atoms with Gasteiger partial charge in [0.25, 0.3) is 0 Å². The third-order valence-electron chi connectivity index (χ3n) is 4.80. The number of nitrogens with two attached hydrogens (primary N) is 1. The van der Waals surface area contributed by atoms with Gasteiger partial charge in [-0.1, -0.05) is 18.2 Å². The van der Waals surface area contributed by atoms with Crippen LogP contribution in [0.3, 0.4) is 0 Å². The van der Waals surface area contributed by atoms with E-state index in [4.69, 9.17) is 5.73 Å². The zero-order chi connectivity index (χ0) is 15.7. The molecule has 1 aromatic carbocycles. The second-order valence-electron chi connectivity index (χ2n) is 6.13. The van der Waals surface area contributed by atoms with Gasteiger partial charge in [-0.2, -0.15) is 8.78 Å². The van der Waals surface area contributed by atoms with Crippen LogP contribution in [0.15, 0.2) is 24.3 Å². The van der Waals surface area contributed by atoms with E-state index in [9.17, 15) is 13.6 Å². The summed E-state index contributed by atoms with van der Waals surface area (Å²) in [4.78, 5) is 14.2. The van der Waals surface area contributed by atoms with E-state index in [-0.39, 0.29) is 36.5 Å². The summed E-state index contributed by atoms with van der Waals surface area (Å²) in [6.07, 6.45) is 2.18. The Morgan fingerprint density at radius 2 is 2.04 bits per heavy atom. The molecule has 0 aromatic heterocycles. The number of nitrogens with zero attached hydrogens (tertiary/aromatic N) is 1. The van der Waals surface area contributed by atoms with Crippen LogP contribution >= 0.6 is 12.4 Å². The van der Waals surface area contributed by atoms with Gasteiger partial charge in [-0.3, -0.25) is 4.79 Å². The minimum Gasteiger partial charge on any atom is -0.435 e. The van der Waals surface area contributed by atoms with E-state index in [1.54, 1.807) is 18.2 Å². The predicted octanol–water partition coefficient (Wildman–Crippen LogP) is 2.45. The van der Waals surface area contributed by atoms with Crippen LogP contribution in [0.25, 0.3) is 0 Å². The number of hydrogen-bond donors (Lipinski definition) is 1. The van der Waals surface area contributed by atoms with E-state index in [2.05, 4.69) is 4.74 Å². The molecule has 1 amide bonds. The van der Waals surface area contributed by atoms with Crippen molar-refractivity contribution < 1.29 is 18.3 Å². The Morgan fingerprint density at radius 1 is 1.30 bits per heavy atom. The molecule has 3 unspecified atom stereocenters. The highest BCUT2D eigenvalue weighted by molar-refractivity contribution is 5.85. The molecule has 1 aliphatic heterocycles. The molecule has 0 radical (unpaired) electrons. The van der Waals surface area contributed by atoms with Gasteiger partial charge in [-0.15, -0.1) is 12.4 Å². The van der Waals surface area contributed by atoms with Crippen molar-refractivity contribution in [3.63, 3.8) is 0 Å². The number of halogens is 3. The van der Waals surface area contributed by atoms with Gasteiger partial charge in [-0.25, -0.2) is 0 Å². The van der Waals surface area contributed by atoms with Crippen molar-refractivity contribution in [3.05, 3.63) is 29.8 Å². The summed E-state index contributed by atoms with van der Waals surface area (Å²) >= 11 is 0. The summed E-state index contributed by atoms with van der Waals surface area (Å²) < 4.78 is 29.3. The Hall–Kier alpha value is -1.40. The fourth-order valence-corrected chi connectivity index (χ4v) is 3.65. The molecule has 1 aromatic rings. The number of amides is 1. The summed E-state index contributed by atoms with van der Waals surface area (Å²) in [6, 6.07) is 6.62. The van der Waals surface area contributed by atoms with E-state index in [1.165, 1.54) is 6.07 Å². The van der Waals surface area contributed by atoms with Gasteiger partial charge >= 0.3 is 6.61 Å². The lowest BCUT2D eigenvalue weighted by Crippen LogP contribution is -2.34. The first kappa shape index (κ1) is 17.9. The van der Waals surface area contributed by atoms with Crippen molar-refractivity contribution in [1.29, 1.82) is 0 Å². The molecule has 4 nitrogen and oxygen atoms in total. The van der Waals surface area contributed by atoms with E-state index in [0.717, 1.165) is 19.4 Å². The van der Waals surface area contributed by atoms with Gasteiger partial charge in [0.2, 0.25) is 5.91 Å². The van der Waals surface area contributed by atoms with Crippen molar-refractivity contribution >= 4 is 18.3 Å². The van der Waals surface area contributed by atoms with Gasteiger partial charge in [0.05, 0.1) is 6.42 Å². The molecule has 0 bridgehead atoms. The quantitative estimate of drug-likeness (QED) is 0.911. The third kappa shape index (κ3) is 3.93. The van der Waals surface area contributed by atoms with Crippen LogP contribution < -0.4 is 10.5 Å². The first-order valence-electron chi connectivity index (χ1n) is 7.60. The zero-order valence-electron chi connectivity index (χ0n) is 12.7. The highest BCUT2D eigenvalue weighted by atomic mass is 35.5. The number of fused-ring (bicyclic) bond motifs is 1. The average molecular weight is 347 g/mol. The standard InChI is InChI=1S/C16H20F2N2O2.ClH/c17-16(18)22-14-4-2-1-3-10(14)7-15(21)20-8-11-5-6-13(19)12(11)9-20;/h1-4,11-13,16H,5-9,19H2;1H. The van der Waals surface area contributed by atoms with Crippen LogP contribution in [-0.2, 0) is 11.2 Å². The fourth-order valence-electron chi connectivity index (χ4n) is 3.65. The zero-order valence-corrected chi connectivity index (χ0v) is 13.5. The van der Waals surface area contributed by atoms with Crippen LogP contribution in [0.1, 0.15) is 18.4 Å². The largest absolute Gasteiger partial charge is 0.435 e. The molecule has 0 spiro atoms. The van der Waals surface area contributed by atoms with Gasteiger partial charge in [0.1, 0.15) is 5.75 Å². The maximum Gasteiger partial charge on any atom is 0.387 e. The normalized spacial score (nSPS) is 26.1. The minimum absolute atomic E-state index is 0. The summed E-state index contributed by atoms with van der Waals surface area (Å²) in [5.74, 6) is 0.900. The lowest BCUT2D eigenvalue weighted by molar-refractivity contribution is -0.129. The molecule has 1 saturated heterocycles. The van der Waals surface area contributed by atoms with Crippen LogP contribution in [-0.4, -0.2) is 36.5 Å². The van der Waals surface area contributed by atoms with E-state index in [1.807, 2.05) is 4.90 Å². The van der Waals surface area contributed by atoms with Crippen LogP contribution in [0.5, 0.6) is 5.75 Å². The summed E-state index contributed by atoms with van der Waals surface area (Å²) in [5.41, 5.74) is 6.57. The SMILES string of the molecule is Cl.NC1CCC2CN(C(=O)Cc3ccccc3OC(F)F)CC12. The molecule has 23 heavy (non-hydrogen) atoms. The molecule has 2 N–H and O–H groups in total. The monoisotopic (exact) mass is 346 g/mol. The van der Waals surface area contributed by atoms with Crippen molar-refractivity contribution in [2.75, 3.05) is 13.1 Å². The fraction of sp³-hybridized carbons (Fsp3) is 0.562. The molecule has 1 heterocycles. The molecule has 3 rings (SSSR count). The smallest absolute Gasteiger partial charge is 0.387 e. The molecule has 1 saturated carbocycles. The van der Waals surface area contributed by atoms with E-state index in [0.29, 0.717) is 23.9 Å². The highest BCUT2D eigenvalue weighted by Crippen LogP contribution is 2.37. The first-order chi connectivity index (χ1) is 10.5. The maximum absolute atomic E-state index is 12.4. The van der Waals surface area contributed by atoms with Gasteiger partial charge in [0, 0.05) is 24.7 Å². The molecule has 7 heteroatoms. The number of likely N-dealkylation sites (tertiary alicyclic amines) is 1. The van der Waals surface area contributed by atoms with Crippen molar-refractivity contribution in [2.24, 2.45) is 17.6 Å². The van der Waals surface area contributed by atoms with Crippen LogP contribution in [0.2, 0.25) is 0 Å². The van der Waals surface area contributed by atoms with Crippen molar-refractivity contribution in [1.82, 2.24) is 4.90 Å². The maximum atomic E-state index is 12.4. The highest BCUT2D eigenvalue weighted by Gasteiger charge is 2.42. The predicted molar refractivity (Wildman–Crippen MR) is 84.8 cm³/mol. The molecule has 2 aliphatic rings. The van der Waals surface area contributed by atoms with Crippen LogP contribution in [0.4, 0.5) is 8.78 Å². The minimum atomic E-state index is -2.89. The number of para-hydroxylation sites is 1. The number of carbonyl (C=O) groups excluding carboxylic acids is 1. The lowest BCUT2D eigenvalue weighted by atomic mass is 9.98. The first-order valence-corrected chi connectivity index (χ1v) is 7.60. The molecule has 128 valence electrons. The van der Waals surface area contributed by atoms with E-state index < -0.39 is 6.61 Å². The van der Waals surface area contributed by atoms with Crippen molar-refractivity contribution in [3.8, 4) is 5.75 Å². The Kier molecular flexibility index (Phi) is 5.81. The topological polar surface area (TPSA) is 55.6 Å². The molecular formula is C16H21ClF2N2O2. The Labute approximate surface area is 140 Å². The number of ether oxygens (including phenoxy) is 1. The third-order valence-corrected chi connectivity index (χ3v) is 4.80. The number of carbonyl (C=O) groups is 1. The molecular weight excluding hydrogens is 326 g/mol. The van der Waals surface area contributed by atoms with Crippen LogP contribution in [0, 0.1) is 11.8 Å². The Balaban J connectivity index is 0.00000192. The van der Waals surface area contributed by atoms with Gasteiger partial charge < -0.3 is 15.4 Å². The van der Waals surface area contributed by atoms with E-state index >= 15 is 0 Å². The average Bonchev–Trinajstić information content (AvgIpc) is 3.03. The lowest BCUT2D eigenvalue weighted by Gasteiger charge is -2.19. The Bertz CT molecular complexity index is 559. The molecule has 2 fully saturated rings. The second kappa shape index (κ2) is 7.45. The summed E-state index contributed by atoms with van der Waals surface area (Å²) in [5, 5.41) is 0. The summed E-state index contributed by atoms with van der Waals surface area (Å²) in [7, 11) is 0.